The Labute approximate surface area is 170 Å². The van der Waals surface area contributed by atoms with Crippen LogP contribution in [0.3, 0.4) is 0 Å². The number of nitrogens with zero attached hydrogens (tertiary/aromatic N) is 1. The highest BCUT2D eigenvalue weighted by molar-refractivity contribution is 5.51. The van der Waals surface area contributed by atoms with Crippen LogP contribution in [0, 0.1) is 24.2 Å². The quantitative estimate of drug-likeness (QED) is 0.735. The number of hydrogen-bond donors (Lipinski definition) is 3. The van der Waals surface area contributed by atoms with Crippen molar-refractivity contribution >= 4 is 0 Å². The summed E-state index contributed by atoms with van der Waals surface area (Å²) in [4.78, 5) is 0. The van der Waals surface area contributed by atoms with Crippen LogP contribution < -0.4 is 26.1 Å². The Morgan fingerprint density at radius 1 is 1.07 bits per heavy atom. The number of hydrogen-bond acceptors (Lipinski definition) is 7. The van der Waals surface area contributed by atoms with Gasteiger partial charge in [-0.1, -0.05) is 29.8 Å². The second-order valence-electron chi connectivity index (χ2n) is 7.27. The van der Waals surface area contributed by atoms with Gasteiger partial charge in [-0.3, -0.25) is 0 Å². The highest BCUT2D eigenvalue weighted by Crippen LogP contribution is 2.50. The topological polar surface area (TPSA) is 102 Å². The molecule has 2 heterocycles. The molecule has 2 aliphatic heterocycles. The van der Waals surface area contributed by atoms with E-state index in [0.29, 0.717) is 17.1 Å². The first-order valence-electron chi connectivity index (χ1n) is 9.43. The Hall–Kier alpha value is -3.21. The third-order valence-corrected chi connectivity index (χ3v) is 5.66. The molecule has 2 aromatic carbocycles. The molecular formula is C22H24N4O3. The maximum atomic E-state index is 9.92. The summed E-state index contributed by atoms with van der Waals surface area (Å²) in [5.74, 6) is 1.03. The number of benzene rings is 2. The van der Waals surface area contributed by atoms with Crippen LogP contribution in [0.4, 0.5) is 0 Å². The van der Waals surface area contributed by atoms with E-state index in [1.807, 2.05) is 18.2 Å². The van der Waals surface area contributed by atoms with Crippen LogP contribution in [0.5, 0.6) is 11.5 Å². The van der Waals surface area contributed by atoms with Gasteiger partial charge in [-0.05, 0) is 30.7 Å². The lowest BCUT2D eigenvalue weighted by Crippen LogP contribution is -2.41. The van der Waals surface area contributed by atoms with E-state index >= 15 is 0 Å². The zero-order valence-corrected chi connectivity index (χ0v) is 16.6. The van der Waals surface area contributed by atoms with Gasteiger partial charge in [0, 0.05) is 17.4 Å². The number of nitriles is 1. The van der Waals surface area contributed by atoms with Crippen LogP contribution in [0.1, 0.15) is 28.7 Å². The van der Waals surface area contributed by atoms with Crippen LogP contribution in [0.2, 0.25) is 0 Å². The molecule has 0 aromatic heterocycles. The smallest absolute Gasteiger partial charge is 0.200 e. The molecule has 4 unspecified atom stereocenters. The van der Waals surface area contributed by atoms with Gasteiger partial charge in [-0.2, -0.15) is 5.26 Å². The second-order valence-corrected chi connectivity index (χ2v) is 7.27. The second kappa shape index (κ2) is 7.66. The number of methoxy groups -OCH3 is 2. The van der Waals surface area contributed by atoms with Crippen molar-refractivity contribution in [3.05, 3.63) is 70.6 Å². The lowest BCUT2D eigenvalue weighted by Gasteiger charge is -2.36. The molecule has 0 amide bonds. The van der Waals surface area contributed by atoms with E-state index in [1.165, 1.54) is 5.56 Å². The fourth-order valence-electron chi connectivity index (χ4n) is 4.21. The number of hydrazine groups is 1. The molecule has 0 bridgehead atoms. The Kier molecular flexibility index (Phi) is 5.05. The molecule has 0 radical (unpaired) electrons. The van der Waals surface area contributed by atoms with Gasteiger partial charge in [-0.15, -0.1) is 0 Å². The summed E-state index contributed by atoms with van der Waals surface area (Å²) in [5, 5.41) is 9.92. The SMILES string of the molecule is COc1ccc(OC)c(C2C(C#N)=C(N)OC3NNC(c4ccc(C)cc4)C32)c1. The van der Waals surface area contributed by atoms with E-state index in [4.69, 9.17) is 19.9 Å². The first kappa shape index (κ1) is 19.1. The van der Waals surface area contributed by atoms with Gasteiger partial charge in [0.2, 0.25) is 5.88 Å². The zero-order chi connectivity index (χ0) is 20.5. The monoisotopic (exact) mass is 392 g/mol. The molecule has 4 rings (SSSR count). The van der Waals surface area contributed by atoms with E-state index in [9.17, 15) is 5.26 Å². The average Bonchev–Trinajstić information content (AvgIpc) is 3.16. The molecule has 0 aliphatic carbocycles. The van der Waals surface area contributed by atoms with Gasteiger partial charge in [0.1, 0.15) is 17.6 Å². The summed E-state index contributed by atoms with van der Waals surface area (Å²) < 4.78 is 16.9. The van der Waals surface area contributed by atoms with Crippen molar-refractivity contribution in [3.63, 3.8) is 0 Å². The number of nitrogens with one attached hydrogen (secondary N) is 2. The molecule has 7 heteroatoms. The summed E-state index contributed by atoms with van der Waals surface area (Å²) in [6, 6.07) is 16.1. The van der Waals surface area contributed by atoms with Gasteiger partial charge in [0.25, 0.3) is 0 Å². The number of allylic oxidation sites excluding steroid dienone is 1. The van der Waals surface area contributed by atoms with Gasteiger partial charge in [0.15, 0.2) is 6.23 Å². The fraction of sp³-hybridized carbons (Fsp3) is 0.318. The summed E-state index contributed by atoms with van der Waals surface area (Å²) in [6.07, 6.45) is -0.390. The number of fused-ring (bicyclic) bond motifs is 1. The van der Waals surface area contributed by atoms with Crippen LogP contribution in [-0.4, -0.2) is 20.4 Å². The molecule has 1 saturated heterocycles. The predicted octanol–water partition coefficient (Wildman–Crippen LogP) is 2.61. The lowest BCUT2D eigenvalue weighted by molar-refractivity contribution is 0.0337. The molecule has 150 valence electrons. The van der Waals surface area contributed by atoms with E-state index < -0.39 is 0 Å². The molecule has 0 saturated carbocycles. The van der Waals surface area contributed by atoms with Gasteiger partial charge >= 0.3 is 0 Å². The van der Waals surface area contributed by atoms with Crippen LogP contribution in [0.25, 0.3) is 0 Å². The summed E-state index contributed by atoms with van der Waals surface area (Å²) in [6.45, 7) is 2.05. The number of aryl methyl sites for hydroxylation is 1. The van der Waals surface area contributed by atoms with Crippen molar-refractivity contribution in [3.8, 4) is 17.6 Å². The third kappa shape index (κ3) is 3.27. The Morgan fingerprint density at radius 2 is 1.83 bits per heavy atom. The molecule has 29 heavy (non-hydrogen) atoms. The molecule has 2 aliphatic rings. The fourth-order valence-corrected chi connectivity index (χ4v) is 4.21. The summed E-state index contributed by atoms with van der Waals surface area (Å²) in [7, 11) is 3.23. The van der Waals surface area contributed by atoms with E-state index in [-0.39, 0.29) is 30.0 Å². The highest BCUT2D eigenvalue weighted by atomic mass is 16.5. The van der Waals surface area contributed by atoms with Crippen molar-refractivity contribution in [2.45, 2.75) is 25.1 Å². The molecule has 4 atom stereocenters. The first-order valence-corrected chi connectivity index (χ1v) is 9.43. The average molecular weight is 392 g/mol. The minimum atomic E-state index is -0.390. The zero-order valence-electron chi connectivity index (χ0n) is 16.6. The summed E-state index contributed by atoms with van der Waals surface area (Å²) in [5.41, 5.74) is 16.2. The molecular weight excluding hydrogens is 368 g/mol. The lowest BCUT2D eigenvalue weighted by atomic mass is 9.73. The number of rotatable bonds is 4. The largest absolute Gasteiger partial charge is 0.497 e. The van der Waals surface area contributed by atoms with E-state index in [2.05, 4.69) is 48.1 Å². The molecule has 2 aromatic rings. The molecule has 7 nitrogen and oxygen atoms in total. The normalized spacial score (nSPS) is 25.7. The molecule has 4 N–H and O–H groups in total. The van der Waals surface area contributed by atoms with Crippen molar-refractivity contribution in [1.29, 1.82) is 5.26 Å². The minimum Gasteiger partial charge on any atom is -0.497 e. The minimum absolute atomic E-state index is 0.0852. The first-order chi connectivity index (χ1) is 14.1. The van der Waals surface area contributed by atoms with E-state index in [1.54, 1.807) is 14.2 Å². The highest BCUT2D eigenvalue weighted by Gasteiger charge is 2.50. The van der Waals surface area contributed by atoms with Gasteiger partial charge < -0.3 is 19.9 Å². The van der Waals surface area contributed by atoms with E-state index in [0.717, 1.165) is 11.1 Å². The van der Waals surface area contributed by atoms with Gasteiger partial charge in [0.05, 0.1) is 25.8 Å². The van der Waals surface area contributed by atoms with Crippen molar-refractivity contribution in [1.82, 2.24) is 10.9 Å². The maximum Gasteiger partial charge on any atom is 0.200 e. The standard InChI is InChI=1S/C22H24N4O3/c1-12-4-6-13(7-5-12)20-19-18(15-10-14(27-2)8-9-17(15)28-3)16(11-23)21(24)29-22(19)26-25-20/h4-10,18-20,22,25-26H,24H2,1-3H3. The summed E-state index contributed by atoms with van der Waals surface area (Å²) >= 11 is 0. The van der Waals surface area contributed by atoms with Crippen LogP contribution in [-0.2, 0) is 4.74 Å². The van der Waals surface area contributed by atoms with Crippen molar-refractivity contribution in [2.24, 2.45) is 11.7 Å². The number of nitrogens with two attached hydrogens (primary N) is 1. The molecule has 0 spiro atoms. The van der Waals surface area contributed by atoms with Crippen LogP contribution in [0.15, 0.2) is 53.9 Å². The maximum absolute atomic E-state index is 9.92. The predicted molar refractivity (Wildman–Crippen MR) is 108 cm³/mol. The Morgan fingerprint density at radius 3 is 2.48 bits per heavy atom. The van der Waals surface area contributed by atoms with Crippen LogP contribution >= 0.6 is 0 Å². The van der Waals surface area contributed by atoms with Gasteiger partial charge in [-0.25, -0.2) is 10.9 Å². The van der Waals surface area contributed by atoms with Crippen molar-refractivity contribution < 1.29 is 14.2 Å². The Balaban J connectivity index is 1.87. The van der Waals surface area contributed by atoms with Crippen molar-refractivity contribution in [2.75, 3.05) is 14.2 Å². The Bertz CT molecular complexity index is 981. The third-order valence-electron chi connectivity index (χ3n) is 5.66. The molecule has 1 fully saturated rings. The number of ether oxygens (including phenoxy) is 3.